The number of rotatable bonds is 2. The summed E-state index contributed by atoms with van der Waals surface area (Å²) in [7, 11) is 1.86. The quantitative estimate of drug-likeness (QED) is 0.897. The molecule has 0 aliphatic heterocycles. The van der Waals surface area contributed by atoms with Crippen LogP contribution in [0, 0.1) is 0 Å². The van der Waals surface area contributed by atoms with Crippen LogP contribution in [0.2, 0.25) is 10.0 Å². The molecule has 1 aromatic carbocycles. The van der Waals surface area contributed by atoms with Gasteiger partial charge in [0.05, 0.1) is 21.9 Å². The maximum absolute atomic E-state index is 5.98. The monoisotopic (exact) mass is 255 g/mol. The Balaban J connectivity index is 2.54. The van der Waals surface area contributed by atoms with Gasteiger partial charge in [0, 0.05) is 19.2 Å². The van der Waals surface area contributed by atoms with Crippen LogP contribution in [-0.4, -0.2) is 9.78 Å². The Morgan fingerprint density at radius 2 is 2.06 bits per heavy atom. The largest absolute Gasteiger partial charge is 0.325 e. The Labute approximate surface area is 104 Å². The Morgan fingerprint density at radius 1 is 1.31 bits per heavy atom. The van der Waals surface area contributed by atoms with E-state index in [1.54, 1.807) is 16.9 Å². The molecule has 1 aromatic heterocycles. The number of hydrogen-bond acceptors (Lipinski definition) is 2. The summed E-state index contributed by atoms with van der Waals surface area (Å²) in [6.45, 7) is 0.437. The molecule has 2 rings (SSSR count). The van der Waals surface area contributed by atoms with E-state index in [-0.39, 0.29) is 0 Å². The van der Waals surface area contributed by atoms with Crippen LogP contribution in [0.4, 0.5) is 0 Å². The third-order valence-corrected chi connectivity index (χ3v) is 3.22. The second kappa shape index (κ2) is 4.45. The minimum atomic E-state index is 0.437. The van der Waals surface area contributed by atoms with E-state index in [1.807, 2.05) is 19.2 Å². The summed E-state index contributed by atoms with van der Waals surface area (Å²) in [5.74, 6) is 0. The van der Waals surface area contributed by atoms with Crippen LogP contribution in [0.5, 0.6) is 0 Å². The van der Waals surface area contributed by atoms with Crippen LogP contribution in [0.3, 0.4) is 0 Å². The molecule has 0 amide bonds. The number of nitrogens with zero attached hydrogens (tertiary/aromatic N) is 2. The molecule has 2 aromatic rings. The van der Waals surface area contributed by atoms with Gasteiger partial charge in [-0.1, -0.05) is 29.3 Å². The molecule has 0 saturated heterocycles. The van der Waals surface area contributed by atoms with Crippen molar-refractivity contribution in [3.8, 4) is 11.1 Å². The van der Waals surface area contributed by atoms with Gasteiger partial charge in [-0.15, -0.1) is 0 Å². The van der Waals surface area contributed by atoms with E-state index in [0.717, 1.165) is 16.8 Å². The molecule has 0 unspecified atom stereocenters. The molecule has 0 fully saturated rings. The Bertz CT molecular complexity index is 520. The van der Waals surface area contributed by atoms with Gasteiger partial charge in [0.2, 0.25) is 0 Å². The lowest BCUT2D eigenvalue weighted by Crippen LogP contribution is -2.05. The van der Waals surface area contributed by atoms with Gasteiger partial charge in [0.25, 0.3) is 0 Å². The van der Waals surface area contributed by atoms with Crippen LogP contribution < -0.4 is 5.73 Å². The Kier molecular flexibility index (Phi) is 3.19. The van der Waals surface area contributed by atoms with E-state index in [9.17, 15) is 0 Å². The van der Waals surface area contributed by atoms with Crippen molar-refractivity contribution in [3.63, 3.8) is 0 Å². The highest BCUT2D eigenvalue weighted by Gasteiger charge is 2.10. The highest BCUT2D eigenvalue weighted by molar-refractivity contribution is 6.42. The van der Waals surface area contributed by atoms with Gasteiger partial charge < -0.3 is 5.73 Å². The van der Waals surface area contributed by atoms with Gasteiger partial charge in [-0.2, -0.15) is 5.10 Å². The number of hydrogen-bond donors (Lipinski definition) is 1. The highest BCUT2D eigenvalue weighted by atomic mass is 35.5. The van der Waals surface area contributed by atoms with E-state index in [2.05, 4.69) is 5.10 Å². The molecule has 84 valence electrons. The van der Waals surface area contributed by atoms with Gasteiger partial charge in [0.1, 0.15) is 0 Å². The third-order valence-electron chi connectivity index (χ3n) is 2.49. The third kappa shape index (κ3) is 1.94. The lowest BCUT2D eigenvalue weighted by atomic mass is 10.1. The SMILES string of the molecule is Cn1ncc(-c2ccc(Cl)c(Cl)c2)c1CN. The summed E-state index contributed by atoms with van der Waals surface area (Å²) < 4.78 is 1.76. The number of nitrogens with two attached hydrogens (primary N) is 1. The Morgan fingerprint density at radius 3 is 2.69 bits per heavy atom. The fourth-order valence-electron chi connectivity index (χ4n) is 1.61. The molecule has 0 aliphatic carbocycles. The summed E-state index contributed by atoms with van der Waals surface area (Å²) in [6, 6.07) is 5.50. The zero-order valence-corrected chi connectivity index (χ0v) is 10.3. The molecule has 0 bridgehead atoms. The Hall–Kier alpha value is -1.03. The lowest BCUT2D eigenvalue weighted by Gasteiger charge is -2.04. The van der Waals surface area contributed by atoms with E-state index in [4.69, 9.17) is 28.9 Å². The van der Waals surface area contributed by atoms with Crippen LogP contribution in [0.1, 0.15) is 5.69 Å². The second-order valence-corrected chi connectivity index (χ2v) is 4.28. The van der Waals surface area contributed by atoms with Crippen LogP contribution >= 0.6 is 23.2 Å². The van der Waals surface area contributed by atoms with E-state index < -0.39 is 0 Å². The van der Waals surface area contributed by atoms with E-state index in [1.165, 1.54) is 0 Å². The molecule has 0 saturated carbocycles. The highest BCUT2D eigenvalue weighted by Crippen LogP contribution is 2.29. The predicted octanol–water partition coefficient (Wildman–Crippen LogP) is 2.85. The fourth-order valence-corrected chi connectivity index (χ4v) is 1.91. The maximum atomic E-state index is 5.98. The first kappa shape index (κ1) is 11.5. The maximum Gasteiger partial charge on any atom is 0.0598 e. The molecular weight excluding hydrogens is 245 g/mol. The van der Waals surface area contributed by atoms with Crippen molar-refractivity contribution in [1.82, 2.24) is 9.78 Å². The van der Waals surface area contributed by atoms with Crippen molar-refractivity contribution in [2.45, 2.75) is 6.54 Å². The van der Waals surface area contributed by atoms with Crippen LogP contribution in [-0.2, 0) is 13.6 Å². The molecule has 0 spiro atoms. The molecule has 3 nitrogen and oxygen atoms in total. The zero-order valence-electron chi connectivity index (χ0n) is 8.74. The molecule has 0 radical (unpaired) electrons. The first-order chi connectivity index (χ1) is 7.63. The first-order valence-electron chi connectivity index (χ1n) is 4.80. The fraction of sp³-hybridized carbons (Fsp3) is 0.182. The zero-order chi connectivity index (χ0) is 11.7. The van der Waals surface area contributed by atoms with Gasteiger partial charge in [-0.05, 0) is 17.7 Å². The summed E-state index contributed by atoms with van der Waals surface area (Å²) in [4.78, 5) is 0. The first-order valence-corrected chi connectivity index (χ1v) is 5.55. The number of halogens is 2. The van der Waals surface area contributed by atoms with Crippen molar-refractivity contribution in [2.24, 2.45) is 12.8 Å². The van der Waals surface area contributed by atoms with Crippen molar-refractivity contribution in [2.75, 3.05) is 0 Å². The number of aromatic nitrogens is 2. The average molecular weight is 256 g/mol. The normalized spacial score (nSPS) is 10.8. The summed E-state index contributed by atoms with van der Waals surface area (Å²) >= 11 is 11.8. The van der Waals surface area contributed by atoms with E-state index >= 15 is 0 Å². The van der Waals surface area contributed by atoms with Gasteiger partial charge in [-0.3, -0.25) is 4.68 Å². The lowest BCUT2D eigenvalue weighted by molar-refractivity contribution is 0.713. The molecule has 0 aliphatic rings. The van der Waals surface area contributed by atoms with Gasteiger partial charge in [-0.25, -0.2) is 0 Å². The van der Waals surface area contributed by atoms with Crippen molar-refractivity contribution >= 4 is 23.2 Å². The average Bonchev–Trinajstić information content (AvgIpc) is 2.63. The standard InChI is InChI=1S/C11H11Cl2N3/c1-16-11(5-14)8(6-15-16)7-2-3-9(12)10(13)4-7/h2-4,6H,5,14H2,1H3. The smallest absolute Gasteiger partial charge is 0.0598 e. The van der Waals surface area contributed by atoms with Crippen molar-refractivity contribution in [3.05, 3.63) is 40.1 Å². The summed E-state index contributed by atoms with van der Waals surface area (Å²) in [5, 5.41) is 5.25. The minimum absolute atomic E-state index is 0.437. The van der Waals surface area contributed by atoms with Crippen molar-refractivity contribution < 1.29 is 0 Å². The molecule has 1 heterocycles. The van der Waals surface area contributed by atoms with Crippen LogP contribution in [0.25, 0.3) is 11.1 Å². The molecular formula is C11H11Cl2N3. The van der Waals surface area contributed by atoms with Gasteiger partial charge >= 0.3 is 0 Å². The topological polar surface area (TPSA) is 43.8 Å². The molecule has 5 heteroatoms. The molecule has 2 N–H and O–H groups in total. The summed E-state index contributed by atoms with van der Waals surface area (Å²) in [5.41, 5.74) is 8.62. The number of aryl methyl sites for hydroxylation is 1. The van der Waals surface area contributed by atoms with Crippen molar-refractivity contribution in [1.29, 1.82) is 0 Å². The molecule has 16 heavy (non-hydrogen) atoms. The van der Waals surface area contributed by atoms with Gasteiger partial charge in [0.15, 0.2) is 0 Å². The summed E-state index contributed by atoms with van der Waals surface area (Å²) in [6.07, 6.45) is 1.78. The second-order valence-electron chi connectivity index (χ2n) is 3.46. The predicted molar refractivity (Wildman–Crippen MR) is 66.6 cm³/mol. The van der Waals surface area contributed by atoms with Crippen LogP contribution in [0.15, 0.2) is 24.4 Å². The van der Waals surface area contributed by atoms with E-state index in [0.29, 0.717) is 16.6 Å². The molecule has 0 atom stereocenters. The minimum Gasteiger partial charge on any atom is -0.325 e. The number of benzene rings is 1.